The van der Waals surface area contributed by atoms with Crippen molar-refractivity contribution in [3.8, 4) is 5.69 Å². The molecule has 2 aromatic carbocycles. The summed E-state index contributed by atoms with van der Waals surface area (Å²) in [5.41, 5.74) is 6.59. The highest BCUT2D eigenvalue weighted by Gasteiger charge is 2.16. The van der Waals surface area contributed by atoms with Crippen LogP contribution in [0.4, 0.5) is 0 Å². The lowest BCUT2D eigenvalue weighted by atomic mass is 10.2. The Morgan fingerprint density at radius 1 is 1.11 bits per heavy atom. The van der Waals surface area contributed by atoms with Gasteiger partial charge in [-0.25, -0.2) is 10.1 Å². The number of hydrogen-bond donors (Lipinski definition) is 1. The molecule has 4 rings (SSSR count). The molecule has 0 spiro atoms. The van der Waals surface area contributed by atoms with E-state index in [0.717, 1.165) is 27.2 Å². The van der Waals surface area contributed by atoms with Crippen molar-refractivity contribution < 1.29 is 4.79 Å². The monoisotopic (exact) mass is 374 g/mol. The van der Waals surface area contributed by atoms with Crippen molar-refractivity contribution >= 4 is 33.7 Å². The number of para-hydroxylation sites is 1. The summed E-state index contributed by atoms with van der Waals surface area (Å²) < 4.78 is 1.88. The van der Waals surface area contributed by atoms with Crippen LogP contribution in [-0.2, 0) is 0 Å². The Labute approximate surface area is 161 Å². The topological polar surface area (TPSA) is 59.3 Å². The Morgan fingerprint density at radius 2 is 1.85 bits per heavy atom. The Kier molecular flexibility index (Phi) is 4.56. The van der Waals surface area contributed by atoms with E-state index < -0.39 is 0 Å². The van der Waals surface area contributed by atoms with Gasteiger partial charge in [0.05, 0.1) is 22.5 Å². The highest BCUT2D eigenvalue weighted by molar-refractivity contribution is 7.20. The summed E-state index contributed by atoms with van der Waals surface area (Å²) in [5, 5.41) is 9.64. The lowest BCUT2D eigenvalue weighted by Crippen LogP contribution is -2.16. The lowest BCUT2D eigenvalue weighted by Gasteiger charge is -2.01. The van der Waals surface area contributed by atoms with Gasteiger partial charge >= 0.3 is 0 Å². The molecule has 0 aliphatic heterocycles. The number of hydrazone groups is 1. The van der Waals surface area contributed by atoms with Gasteiger partial charge in [0, 0.05) is 5.39 Å². The zero-order valence-electron chi connectivity index (χ0n) is 15.0. The number of nitrogens with zero attached hydrogens (tertiary/aromatic N) is 3. The molecule has 0 saturated carbocycles. The fourth-order valence-corrected chi connectivity index (χ4v) is 3.85. The molecule has 0 aliphatic carbocycles. The number of carbonyl (C=O) groups excluding carboxylic acids is 1. The number of carbonyl (C=O) groups is 1. The summed E-state index contributed by atoms with van der Waals surface area (Å²) in [5.74, 6) is -0.224. The van der Waals surface area contributed by atoms with Gasteiger partial charge in [-0.15, -0.1) is 11.3 Å². The average Bonchev–Trinajstić information content (AvgIpc) is 3.25. The highest BCUT2D eigenvalue weighted by Crippen LogP contribution is 2.30. The first-order valence-corrected chi connectivity index (χ1v) is 9.38. The molecule has 0 aliphatic rings. The van der Waals surface area contributed by atoms with Gasteiger partial charge in [0.25, 0.3) is 5.91 Å². The van der Waals surface area contributed by atoms with Crippen LogP contribution in [0.3, 0.4) is 0 Å². The smallest absolute Gasteiger partial charge is 0.266 e. The lowest BCUT2D eigenvalue weighted by molar-refractivity contribution is 0.0959. The van der Waals surface area contributed by atoms with Crippen LogP contribution in [0.25, 0.3) is 15.9 Å². The second kappa shape index (κ2) is 7.17. The number of amides is 1. The van der Waals surface area contributed by atoms with Crippen LogP contribution >= 0.6 is 11.3 Å². The van der Waals surface area contributed by atoms with E-state index in [9.17, 15) is 4.79 Å². The summed E-state index contributed by atoms with van der Waals surface area (Å²) >= 11 is 1.41. The molecule has 2 aromatic heterocycles. The van der Waals surface area contributed by atoms with E-state index in [4.69, 9.17) is 0 Å². The molecule has 0 atom stereocenters. The summed E-state index contributed by atoms with van der Waals surface area (Å²) in [7, 11) is 0. The van der Waals surface area contributed by atoms with E-state index in [1.807, 2.05) is 79.2 Å². The molecule has 0 radical (unpaired) electrons. The van der Waals surface area contributed by atoms with Crippen LogP contribution in [0, 0.1) is 13.8 Å². The molecule has 134 valence electrons. The maximum atomic E-state index is 12.5. The maximum Gasteiger partial charge on any atom is 0.281 e. The molecule has 5 nitrogen and oxygen atoms in total. The maximum absolute atomic E-state index is 12.5. The Morgan fingerprint density at radius 3 is 2.59 bits per heavy atom. The van der Waals surface area contributed by atoms with E-state index in [1.165, 1.54) is 16.9 Å². The molecular formula is C21H18N4OS. The standard InChI is InChI=1S/C21H18N4OS/c1-14-8-10-16(11-9-14)13-22-23-20(26)19-12-18-15(2)24-25(21(18)27-19)17-6-4-3-5-7-17/h3-13H,1-2H3,(H,23,26)/b22-13-. The van der Waals surface area contributed by atoms with Crippen molar-refractivity contribution in [2.24, 2.45) is 5.10 Å². The number of nitrogens with one attached hydrogen (secondary N) is 1. The van der Waals surface area contributed by atoms with E-state index in [1.54, 1.807) is 6.21 Å². The predicted octanol–water partition coefficient (Wildman–Crippen LogP) is 4.47. The van der Waals surface area contributed by atoms with Gasteiger partial charge in [0.2, 0.25) is 0 Å². The number of hydrogen-bond acceptors (Lipinski definition) is 4. The molecule has 0 bridgehead atoms. The third-order valence-corrected chi connectivity index (χ3v) is 5.34. The summed E-state index contributed by atoms with van der Waals surface area (Å²) in [6.07, 6.45) is 1.64. The fraction of sp³-hybridized carbons (Fsp3) is 0.0952. The Bertz CT molecular complexity index is 1120. The second-order valence-electron chi connectivity index (χ2n) is 6.27. The molecule has 0 saturated heterocycles. The van der Waals surface area contributed by atoms with Gasteiger partial charge in [0.15, 0.2) is 0 Å². The number of fused-ring (bicyclic) bond motifs is 1. The molecule has 6 heteroatoms. The van der Waals surface area contributed by atoms with Gasteiger partial charge in [0.1, 0.15) is 4.83 Å². The fourth-order valence-electron chi connectivity index (χ4n) is 2.78. The zero-order chi connectivity index (χ0) is 18.8. The highest BCUT2D eigenvalue weighted by atomic mass is 32.1. The molecule has 0 fully saturated rings. The van der Waals surface area contributed by atoms with E-state index in [2.05, 4.69) is 15.6 Å². The zero-order valence-corrected chi connectivity index (χ0v) is 15.8. The van der Waals surface area contributed by atoms with Crippen molar-refractivity contribution in [1.82, 2.24) is 15.2 Å². The van der Waals surface area contributed by atoms with Gasteiger partial charge in [-0.3, -0.25) is 4.79 Å². The summed E-state index contributed by atoms with van der Waals surface area (Å²) in [6.45, 7) is 3.98. The minimum Gasteiger partial charge on any atom is -0.266 e. The molecular weight excluding hydrogens is 356 g/mol. The minimum atomic E-state index is -0.224. The number of aryl methyl sites for hydroxylation is 2. The normalized spacial score (nSPS) is 11.3. The predicted molar refractivity (Wildman–Crippen MR) is 110 cm³/mol. The number of rotatable bonds is 4. The summed E-state index contributed by atoms with van der Waals surface area (Å²) in [4.78, 5) is 14.0. The largest absolute Gasteiger partial charge is 0.281 e. The van der Waals surface area contributed by atoms with Gasteiger partial charge in [-0.1, -0.05) is 48.0 Å². The first-order chi connectivity index (χ1) is 13.1. The average molecular weight is 374 g/mol. The van der Waals surface area contributed by atoms with Crippen molar-refractivity contribution in [2.45, 2.75) is 13.8 Å². The van der Waals surface area contributed by atoms with Crippen LogP contribution < -0.4 is 5.43 Å². The molecule has 1 N–H and O–H groups in total. The van der Waals surface area contributed by atoms with Crippen LogP contribution in [0.15, 0.2) is 65.8 Å². The van der Waals surface area contributed by atoms with Crippen LogP contribution in [0.1, 0.15) is 26.5 Å². The quantitative estimate of drug-likeness (QED) is 0.423. The first-order valence-electron chi connectivity index (χ1n) is 8.56. The van der Waals surface area contributed by atoms with E-state index in [-0.39, 0.29) is 5.91 Å². The number of thiophene rings is 1. The van der Waals surface area contributed by atoms with Gasteiger partial charge < -0.3 is 0 Å². The first kappa shape index (κ1) is 17.2. The molecule has 0 unspecified atom stereocenters. The van der Waals surface area contributed by atoms with Crippen molar-refractivity contribution in [1.29, 1.82) is 0 Å². The number of aromatic nitrogens is 2. The van der Waals surface area contributed by atoms with Gasteiger partial charge in [-0.2, -0.15) is 10.2 Å². The van der Waals surface area contributed by atoms with Crippen molar-refractivity contribution in [2.75, 3.05) is 0 Å². The van der Waals surface area contributed by atoms with Crippen LogP contribution in [-0.4, -0.2) is 21.9 Å². The molecule has 1 amide bonds. The molecule has 4 aromatic rings. The third-order valence-electron chi connectivity index (χ3n) is 4.23. The van der Waals surface area contributed by atoms with Gasteiger partial charge in [-0.05, 0) is 37.6 Å². The third kappa shape index (κ3) is 3.52. The van der Waals surface area contributed by atoms with Crippen LogP contribution in [0.2, 0.25) is 0 Å². The van der Waals surface area contributed by atoms with Crippen molar-refractivity contribution in [3.05, 3.63) is 82.4 Å². The number of benzene rings is 2. The second-order valence-corrected chi connectivity index (χ2v) is 7.30. The van der Waals surface area contributed by atoms with E-state index in [0.29, 0.717) is 4.88 Å². The Balaban J connectivity index is 1.57. The Hall–Kier alpha value is -3.25. The van der Waals surface area contributed by atoms with E-state index >= 15 is 0 Å². The van der Waals surface area contributed by atoms with Crippen LogP contribution in [0.5, 0.6) is 0 Å². The molecule has 27 heavy (non-hydrogen) atoms. The molecule has 2 heterocycles. The minimum absolute atomic E-state index is 0.224. The summed E-state index contributed by atoms with van der Waals surface area (Å²) in [6, 6.07) is 19.7. The van der Waals surface area contributed by atoms with Crippen molar-refractivity contribution in [3.63, 3.8) is 0 Å². The SMILES string of the molecule is Cc1ccc(/C=N\NC(=O)c2cc3c(C)nn(-c4ccccc4)c3s2)cc1.